The second-order valence-electron chi connectivity index (χ2n) is 3.43. The van der Waals surface area contributed by atoms with Gasteiger partial charge in [0.2, 0.25) is 0 Å². The molecule has 1 fully saturated rings. The summed E-state index contributed by atoms with van der Waals surface area (Å²) in [5, 5.41) is 0. The first-order chi connectivity index (χ1) is 6.70. The van der Waals surface area contributed by atoms with Crippen LogP contribution in [0.25, 0.3) is 0 Å². The first-order valence-electron chi connectivity index (χ1n) is 4.78. The van der Waals surface area contributed by atoms with E-state index < -0.39 is 6.10 Å². The fourth-order valence-electron chi connectivity index (χ4n) is 1.53. The Bertz CT molecular complexity index is 191. The van der Waals surface area contributed by atoms with E-state index in [2.05, 4.69) is 0 Å². The molecule has 14 heavy (non-hydrogen) atoms. The summed E-state index contributed by atoms with van der Waals surface area (Å²) in [7, 11) is 3.35. The summed E-state index contributed by atoms with van der Waals surface area (Å²) in [6.07, 6.45) is 0.596. The maximum absolute atomic E-state index is 11.8. The summed E-state index contributed by atoms with van der Waals surface area (Å²) in [6, 6.07) is 0.358. The molecule has 1 heterocycles. The third-order valence-electron chi connectivity index (χ3n) is 2.58. The topological polar surface area (TPSA) is 55.6 Å². The molecule has 5 heteroatoms. The van der Waals surface area contributed by atoms with Crippen LogP contribution in [-0.4, -0.2) is 55.2 Å². The zero-order valence-electron chi connectivity index (χ0n) is 8.73. The Kier molecular flexibility index (Phi) is 4.71. The molecule has 1 saturated heterocycles. The zero-order valence-corrected chi connectivity index (χ0v) is 9.55. The van der Waals surface area contributed by atoms with Gasteiger partial charge in [-0.3, -0.25) is 4.79 Å². The van der Waals surface area contributed by atoms with Crippen LogP contribution in [0, 0.1) is 0 Å². The molecule has 2 unspecified atom stereocenters. The highest BCUT2D eigenvalue weighted by molar-refractivity contribution is 7.99. The van der Waals surface area contributed by atoms with Gasteiger partial charge in [0.15, 0.2) is 0 Å². The molecule has 0 spiro atoms. The lowest BCUT2D eigenvalue weighted by Crippen LogP contribution is -2.46. The summed E-state index contributed by atoms with van der Waals surface area (Å²) in [5.41, 5.74) is 5.44. The molecule has 0 aromatic rings. The second kappa shape index (κ2) is 5.58. The molecule has 1 amide bonds. The van der Waals surface area contributed by atoms with E-state index in [0.29, 0.717) is 6.04 Å². The number of ether oxygens (including phenoxy) is 1. The molecule has 2 N–H and O–H groups in total. The van der Waals surface area contributed by atoms with Crippen molar-refractivity contribution < 1.29 is 9.53 Å². The number of nitrogens with zero attached hydrogens (tertiary/aromatic N) is 1. The highest BCUT2D eigenvalue weighted by atomic mass is 32.2. The van der Waals surface area contributed by atoms with E-state index >= 15 is 0 Å². The maximum atomic E-state index is 11.8. The van der Waals surface area contributed by atoms with E-state index in [9.17, 15) is 4.79 Å². The number of hydrogen-bond donors (Lipinski definition) is 1. The lowest BCUT2D eigenvalue weighted by atomic mass is 10.2. The lowest BCUT2D eigenvalue weighted by molar-refractivity contribution is -0.141. The van der Waals surface area contributed by atoms with Crippen molar-refractivity contribution >= 4 is 17.7 Å². The van der Waals surface area contributed by atoms with Gasteiger partial charge in [-0.1, -0.05) is 0 Å². The molecular formula is C9H18N2O2S. The number of methoxy groups -OCH3 is 1. The Morgan fingerprint density at radius 1 is 1.79 bits per heavy atom. The molecule has 0 aliphatic carbocycles. The number of thioether (sulfide) groups is 1. The van der Waals surface area contributed by atoms with Gasteiger partial charge in [0.05, 0.1) is 0 Å². The molecule has 1 aliphatic heterocycles. The average molecular weight is 218 g/mol. The minimum Gasteiger partial charge on any atom is -0.370 e. The third-order valence-corrected chi connectivity index (χ3v) is 3.72. The van der Waals surface area contributed by atoms with Gasteiger partial charge in [-0.15, -0.1) is 0 Å². The maximum Gasteiger partial charge on any atom is 0.253 e. The molecule has 82 valence electrons. The predicted octanol–water partition coefficient (Wildman–Crippen LogP) is -0.0760. The fourth-order valence-corrected chi connectivity index (χ4v) is 2.80. The van der Waals surface area contributed by atoms with Crippen LogP contribution in [0.15, 0.2) is 0 Å². The van der Waals surface area contributed by atoms with Crippen LogP contribution < -0.4 is 5.73 Å². The largest absolute Gasteiger partial charge is 0.370 e. The first kappa shape index (κ1) is 11.8. The van der Waals surface area contributed by atoms with Crippen molar-refractivity contribution in [1.82, 2.24) is 4.90 Å². The van der Waals surface area contributed by atoms with Crippen LogP contribution in [0.5, 0.6) is 0 Å². The van der Waals surface area contributed by atoms with Crippen molar-refractivity contribution in [3.05, 3.63) is 0 Å². The van der Waals surface area contributed by atoms with Crippen LogP contribution in [0.1, 0.15) is 6.42 Å². The molecule has 4 nitrogen and oxygen atoms in total. The molecule has 1 aliphatic rings. The van der Waals surface area contributed by atoms with Gasteiger partial charge < -0.3 is 15.4 Å². The van der Waals surface area contributed by atoms with E-state index in [4.69, 9.17) is 10.5 Å². The van der Waals surface area contributed by atoms with Gasteiger partial charge >= 0.3 is 0 Å². The molecule has 0 aromatic heterocycles. The Morgan fingerprint density at radius 3 is 2.93 bits per heavy atom. The third kappa shape index (κ3) is 2.62. The van der Waals surface area contributed by atoms with Crippen molar-refractivity contribution in [3.63, 3.8) is 0 Å². The van der Waals surface area contributed by atoms with Crippen LogP contribution in [0.3, 0.4) is 0 Å². The van der Waals surface area contributed by atoms with Gasteiger partial charge in [0.1, 0.15) is 6.10 Å². The minimum absolute atomic E-state index is 0.00231. The van der Waals surface area contributed by atoms with Crippen LogP contribution in [0.4, 0.5) is 0 Å². The van der Waals surface area contributed by atoms with E-state index in [0.717, 1.165) is 17.9 Å². The highest BCUT2D eigenvalue weighted by Crippen LogP contribution is 2.21. The predicted molar refractivity (Wildman–Crippen MR) is 58.4 cm³/mol. The quantitative estimate of drug-likeness (QED) is 0.717. The standard InChI is InChI=1S/C9H18N2O2S/c1-11(7-3-4-14-6-7)9(12)8(5-10)13-2/h7-8H,3-6,10H2,1-2H3. The fraction of sp³-hybridized carbons (Fsp3) is 0.889. The normalized spacial score (nSPS) is 23.5. The Labute approximate surface area is 89.2 Å². The first-order valence-corrected chi connectivity index (χ1v) is 5.93. The molecule has 0 bridgehead atoms. The van der Waals surface area contributed by atoms with Gasteiger partial charge in [0.25, 0.3) is 5.91 Å². The number of carbonyl (C=O) groups is 1. The van der Waals surface area contributed by atoms with Crippen LogP contribution in [-0.2, 0) is 9.53 Å². The summed E-state index contributed by atoms with van der Waals surface area (Å²) < 4.78 is 5.02. The van der Waals surface area contributed by atoms with Crippen molar-refractivity contribution in [3.8, 4) is 0 Å². The highest BCUT2D eigenvalue weighted by Gasteiger charge is 2.28. The Hall–Kier alpha value is -0.260. The average Bonchev–Trinajstić information content (AvgIpc) is 2.71. The van der Waals surface area contributed by atoms with E-state index in [1.807, 2.05) is 18.8 Å². The summed E-state index contributed by atoms with van der Waals surface area (Å²) in [4.78, 5) is 13.6. The second-order valence-corrected chi connectivity index (χ2v) is 4.58. The molecule has 1 rings (SSSR count). The summed E-state index contributed by atoms with van der Waals surface area (Å²) in [5.74, 6) is 2.17. The van der Waals surface area contributed by atoms with Crippen LogP contribution in [0.2, 0.25) is 0 Å². The molecule has 0 aromatic carbocycles. The Balaban J connectivity index is 2.49. The lowest BCUT2D eigenvalue weighted by Gasteiger charge is -2.27. The monoisotopic (exact) mass is 218 g/mol. The number of carbonyl (C=O) groups excluding carboxylic acids is 1. The SMILES string of the molecule is COC(CN)C(=O)N(C)C1CCSC1. The van der Waals surface area contributed by atoms with E-state index in [1.54, 1.807) is 4.90 Å². The van der Waals surface area contributed by atoms with Gasteiger partial charge in [-0.05, 0) is 12.2 Å². The molecule has 0 radical (unpaired) electrons. The number of amides is 1. The van der Waals surface area contributed by atoms with Gasteiger partial charge in [-0.2, -0.15) is 11.8 Å². The molecule has 2 atom stereocenters. The number of nitrogens with two attached hydrogens (primary N) is 1. The van der Waals surface area contributed by atoms with Crippen molar-refractivity contribution in [2.45, 2.75) is 18.6 Å². The minimum atomic E-state index is -0.481. The number of hydrogen-bond acceptors (Lipinski definition) is 4. The van der Waals surface area contributed by atoms with Gasteiger partial charge in [0, 0.05) is 32.5 Å². The zero-order chi connectivity index (χ0) is 10.6. The Morgan fingerprint density at radius 2 is 2.50 bits per heavy atom. The molecule has 0 saturated carbocycles. The van der Waals surface area contributed by atoms with Crippen molar-refractivity contribution in [1.29, 1.82) is 0 Å². The number of likely N-dealkylation sites (N-methyl/N-ethyl adjacent to an activating group) is 1. The van der Waals surface area contributed by atoms with Crippen molar-refractivity contribution in [2.75, 3.05) is 32.2 Å². The van der Waals surface area contributed by atoms with Crippen molar-refractivity contribution in [2.24, 2.45) is 5.73 Å². The van der Waals surface area contributed by atoms with Gasteiger partial charge in [-0.25, -0.2) is 0 Å². The number of rotatable bonds is 4. The summed E-state index contributed by atoms with van der Waals surface area (Å²) in [6.45, 7) is 0.250. The smallest absolute Gasteiger partial charge is 0.253 e. The molecular weight excluding hydrogens is 200 g/mol. The van der Waals surface area contributed by atoms with E-state index in [-0.39, 0.29) is 12.5 Å². The summed E-state index contributed by atoms with van der Waals surface area (Å²) >= 11 is 1.89. The van der Waals surface area contributed by atoms with E-state index in [1.165, 1.54) is 7.11 Å². The van der Waals surface area contributed by atoms with Crippen LogP contribution >= 0.6 is 11.8 Å².